The molecule has 1 saturated carbocycles. The maximum Gasteiger partial charge on any atom is 0.0862 e. The van der Waals surface area contributed by atoms with E-state index >= 15 is 0 Å². The zero-order valence-corrected chi connectivity index (χ0v) is 7.16. The van der Waals surface area contributed by atoms with Crippen LogP contribution in [0, 0.1) is 0 Å². The van der Waals surface area contributed by atoms with Crippen molar-refractivity contribution in [3.05, 3.63) is 16.5 Å². The molecule has 0 spiro atoms. The Hall–Kier alpha value is -0.500. The predicted molar refractivity (Wildman–Crippen MR) is 48.1 cm³/mol. The maximum absolute atomic E-state index is 5.76. The molecule has 1 aromatic rings. The summed E-state index contributed by atoms with van der Waals surface area (Å²) in [7, 11) is 0. The molecule has 2 unspecified atom stereocenters. The van der Waals surface area contributed by atoms with Crippen LogP contribution in [-0.2, 0) is 0 Å². The molecular weight excluding hydrogens is 154 g/mol. The molecule has 2 heteroatoms. The van der Waals surface area contributed by atoms with Crippen molar-refractivity contribution in [2.75, 3.05) is 5.73 Å². The lowest BCUT2D eigenvalue weighted by Crippen LogP contribution is -1.91. The number of nitrogens with two attached hydrogens (primary N) is 1. The molecule has 2 aliphatic rings. The topological polar surface area (TPSA) is 26.0 Å². The van der Waals surface area contributed by atoms with Crippen LogP contribution < -0.4 is 5.73 Å². The maximum atomic E-state index is 5.76. The fourth-order valence-corrected chi connectivity index (χ4v) is 3.74. The Morgan fingerprint density at radius 3 is 3.00 bits per heavy atom. The Kier molecular flexibility index (Phi) is 0.995. The second kappa shape index (κ2) is 1.81. The highest BCUT2D eigenvalue weighted by Crippen LogP contribution is 2.56. The molecule has 0 aliphatic heterocycles. The molecule has 0 radical (unpaired) electrons. The summed E-state index contributed by atoms with van der Waals surface area (Å²) < 4.78 is 0. The lowest BCUT2D eigenvalue weighted by molar-refractivity contribution is 0.728. The zero-order valence-electron chi connectivity index (χ0n) is 6.34. The van der Waals surface area contributed by atoms with Gasteiger partial charge in [0, 0.05) is 4.88 Å². The van der Waals surface area contributed by atoms with Crippen molar-refractivity contribution < 1.29 is 0 Å². The van der Waals surface area contributed by atoms with Crippen molar-refractivity contribution in [2.45, 2.75) is 31.1 Å². The molecule has 1 heterocycles. The van der Waals surface area contributed by atoms with Gasteiger partial charge in [0.25, 0.3) is 0 Å². The Balaban J connectivity index is 2.21. The number of fused-ring (bicyclic) bond motifs is 5. The van der Waals surface area contributed by atoms with E-state index in [4.69, 9.17) is 5.73 Å². The van der Waals surface area contributed by atoms with Gasteiger partial charge in [0.15, 0.2) is 0 Å². The lowest BCUT2D eigenvalue weighted by atomic mass is 9.99. The standard InChI is InChI=1S/C9H11NS/c10-8-4-7-5-1-2-6(3-5)9(7)11-8/h4-6H,1-3,10H2. The van der Waals surface area contributed by atoms with Crippen molar-refractivity contribution in [2.24, 2.45) is 0 Å². The van der Waals surface area contributed by atoms with E-state index in [1.807, 2.05) is 11.3 Å². The van der Waals surface area contributed by atoms with Crippen LogP contribution in [-0.4, -0.2) is 0 Å². The number of hydrogen-bond donors (Lipinski definition) is 1. The largest absolute Gasteiger partial charge is 0.391 e. The summed E-state index contributed by atoms with van der Waals surface area (Å²) in [4.78, 5) is 1.61. The van der Waals surface area contributed by atoms with Gasteiger partial charge >= 0.3 is 0 Å². The third kappa shape index (κ3) is 0.658. The lowest BCUT2D eigenvalue weighted by Gasteiger charge is -2.07. The first-order valence-corrected chi connectivity index (χ1v) is 5.05. The zero-order chi connectivity index (χ0) is 7.42. The Morgan fingerprint density at radius 1 is 1.36 bits per heavy atom. The molecule has 0 saturated heterocycles. The van der Waals surface area contributed by atoms with Gasteiger partial charge in [-0.2, -0.15) is 0 Å². The van der Waals surface area contributed by atoms with Crippen LogP contribution in [0.4, 0.5) is 5.00 Å². The fourth-order valence-electron chi connectivity index (χ4n) is 2.58. The van der Waals surface area contributed by atoms with Gasteiger partial charge in [-0.3, -0.25) is 0 Å². The molecule has 0 aromatic carbocycles. The molecule has 11 heavy (non-hydrogen) atoms. The Labute approximate surface area is 70.2 Å². The van der Waals surface area contributed by atoms with Crippen LogP contribution in [0.2, 0.25) is 0 Å². The van der Waals surface area contributed by atoms with Gasteiger partial charge in [-0.15, -0.1) is 11.3 Å². The minimum Gasteiger partial charge on any atom is -0.391 e. The molecule has 1 fully saturated rings. The first kappa shape index (κ1) is 6.06. The second-order valence-corrected chi connectivity index (χ2v) is 4.79. The number of nitrogen functional groups attached to an aromatic ring is 1. The smallest absolute Gasteiger partial charge is 0.0862 e. The molecule has 2 atom stereocenters. The van der Waals surface area contributed by atoms with E-state index in [0.717, 1.165) is 16.8 Å². The Bertz CT molecular complexity index is 275. The van der Waals surface area contributed by atoms with Crippen molar-refractivity contribution >= 4 is 16.3 Å². The minimum absolute atomic E-state index is 0.878. The molecular formula is C9H11NS. The highest BCUT2D eigenvalue weighted by molar-refractivity contribution is 7.16. The van der Waals surface area contributed by atoms with Gasteiger partial charge in [0.05, 0.1) is 5.00 Å². The normalized spacial score (nSPS) is 32.7. The Morgan fingerprint density at radius 2 is 2.18 bits per heavy atom. The number of thiophene rings is 1. The highest BCUT2D eigenvalue weighted by Gasteiger charge is 2.38. The molecule has 2 aliphatic carbocycles. The van der Waals surface area contributed by atoms with Crippen LogP contribution in [0.3, 0.4) is 0 Å². The molecule has 1 aromatic heterocycles. The van der Waals surface area contributed by atoms with Gasteiger partial charge in [-0.05, 0) is 42.7 Å². The van der Waals surface area contributed by atoms with E-state index in [-0.39, 0.29) is 0 Å². The van der Waals surface area contributed by atoms with Crippen molar-refractivity contribution in [3.8, 4) is 0 Å². The van der Waals surface area contributed by atoms with Crippen molar-refractivity contribution in [1.82, 2.24) is 0 Å². The summed E-state index contributed by atoms with van der Waals surface area (Å²) in [5.41, 5.74) is 7.35. The van der Waals surface area contributed by atoms with Crippen LogP contribution in [0.1, 0.15) is 41.5 Å². The summed E-state index contributed by atoms with van der Waals surface area (Å²) in [5, 5.41) is 1.02. The van der Waals surface area contributed by atoms with E-state index in [1.165, 1.54) is 19.3 Å². The van der Waals surface area contributed by atoms with E-state index in [2.05, 4.69) is 6.07 Å². The van der Waals surface area contributed by atoms with Crippen molar-refractivity contribution in [3.63, 3.8) is 0 Å². The first-order chi connectivity index (χ1) is 5.34. The van der Waals surface area contributed by atoms with E-state index in [9.17, 15) is 0 Å². The molecule has 0 amide bonds. The fraction of sp³-hybridized carbons (Fsp3) is 0.556. The van der Waals surface area contributed by atoms with Crippen molar-refractivity contribution in [1.29, 1.82) is 0 Å². The van der Waals surface area contributed by atoms with Crippen LogP contribution in [0.25, 0.3) is 0 Å². The van der Waals surface area contributed by atoms with E-state index in [1.54, 1.807) is 10.4 Å². The van der Waals surface area contributed by atoms with E-state index in [0.29, 0.717) is 0 Å². The SMILES string of the molecule is Nc1cc2c(s1)C1CCC2C1. The summed E-state index contributed by atoms with van der Waals surface area (Å²) in [6, 6.07) is 2.20. The van der Waals surface area contributed by atoms with Crippen LogP contribution in [0.15, 0.2) is 6.07 Å². The summed E-state index contributed by atoms with van der Waals surface area (Å²) in [5.74, 6) is 1.76. The third-order valence-corrected chi connectivity index (χ3v) is 4.20. The second-order valence-electron chi connectivity index (χ2n) is 3.68. The van der Waals surface area contributed by atoms with Gasteiger partial charge in [0.2, 0.25) is 0 Å². The average Bonchev–Trinajstić information content (AvgIpc) is 2.53. The number of anilines is 1. The van der Waals surface area contributed by atoms with Gasteiger partial charge in [-0.1, -0.05) is 0 Å². The average molecular weight is 165 g/mol. The van der Waals surface area contributed by atoms with Gasteiger partial charge in [0.1, 0.15) is 0 Å². The monoisotopic (exact) mass is 165 g/mol. The van der Waals surface area contributed by atoms with Gasteiger partial charge < -0.3 is 5.73 Å². The highest BCUT2D eigenvalue weighted by atomic mass is 32.1. The molecule has 3 rings (SSSR count). The summed E-state index contributed by atoms with van der Waals surface area (Å²) in [6.07, 6.45) is 4.24. The first-order valence-electron chi connectivity index (χ1n) is 4.23. The minimum atomic E-state index is 0.878. The summed E-state index contributed by atoms with van der Waals surface area (Å²) >= 11 is 1.82. The molecule has 2 bridgehead atoms. The molecule has 1 nitrogen and oxygen atoms in total. The molecule has 2 N–H and O–H groups in total. The number of rotatable bonds is 0. The van der Waals surface area contributed by atoms with Crippen LogP contribution in [0.5, 0.6) is 0 Å². The third-order valence-electron chi connectivity index (χ3n) is 3.05. The van der Waals surface area contributed by atoms with E-state index < -0.39 is 0 Å². The predicted octanol–water partition coefficient (Wildman–Crippen LogP) is 2.70. The molecule has 58 valence electrons. The number of hydrogen-bond acceptors (Lipinski definition) is 2. The van der Waals surface area contributed by atoms with Crippen LogP contribution >= 0.6 is 11.3 Å². The summed E-state index contributed by atoms with van der Waals surface area (Å²) in [6.45, 7) is 0. The quantitative estimate of drug-likeness (QED) is 0.628. The van der Waals surface area contributed by atoms with Gasteiger partial charge in [-0.25, -0.2) is 0 Å².